The van der Waals surface area contributed by atoms with E-state index < -0.39 is 0 Å². The van der Waals surface area contributed by atoms with E-state index >= 15 is 0 Å². The van der Waals surface area contributed by atoms with Gasteiger partial charge in [-0.25, -0.2) is 0 Å². The number of rotatable bonds is 4. The molecule has 20 heavy (non-hydrogen) atoms. The van der Waals surface area contributed by atoms with Crippen molar-refractivity contribution >= 4 is 5.91 Å². The molecule has 0 unspecified atom stereocenters. The van der Waals surface area contributed by atoms with Crippen molar-refractivity contribution in [1.29, 1.82) is 0 Å². The van der Waals surface area contributed by atoms with Crippen LogP contribution in [0.1, 0.15) is 52.4 Å². The van der Waals surface area contributed by atoms with Crippen molar-refractivity contribution in [3.05, 3.63) is 0 Å². The number of hydrogen-bond acceptors (Lipinski definition) is 3. The Morgan fingerprint density at radius 3 is 2.25 bits per heavy atom. The molecule has 2 N–H and O–H groups in total. The molecule has 1 aliphatic carbocycles. The van der Waals surface area contributed by atoms with Gasteiger partial charge < -0.3 is 10.6 Å². The number of nitrogens with two attached hydrogens (primary N) is 1. The van der Waals surface area contributed by atoms with Crippen LogP contribution in [0.15, 0.2) is 0 Å². The third-order valence-electron chi connectivity index (χ3n) is 5.06. The van der Waals surface area contributed by atoms with Crippen LogP contribution >= 0.6 is 0 Å². The lowest BCUT2D eigenvalue weighted by Crippen LogP contribution is -2.50. The molecular formula is C16H31N3O. The third kappa shape index (κ3) is 4.45. The molecule has 0 bridgehead atoms. The summed E-state index contributed by atoms with van der Waals surface area (Å²) >= 11 is 0. The summed E-state index contributed by atoms with van der Waals surface area (Å²) in [6, 6.07) is 1.00. The van der Waals surface area contributed by atoms with E-state index in [2.05, 4.69) is 23.6 Å². The number of nitrogens with zero attached hydrogens (tertiary/aromatic N) is 2. The van der Waals surface area contributed by atoms with E-state index in [0.717, 1.165) is 57.8 Å². The summed E-state index contributed by atoms with van der Waals surface area (Å²) in [5.41, 5.74) is 5.93. The van der Waals surface area contributed by atoms with Gasteiger partial charge in [0, 0.05) is 44.7 Å². The minimum absolute atomic E-state index is 0.364. The summed E-state index contributed by atoms with van der Waals surface area (Å²) in [4.78, 5) is 16.8. The van der Waals surface area contributed by atoms with E-state index in [1.54, 1.807) is 0 Å². The first-order valence-electron chi connectivity index (χ1n) is 8.33. The molecule has 1 heterocycles. The van der Waals surface area contributed by atoms with Crippen molar-refractivity contribution in [2.24, 2.45) is 11.7 Å². The second kappa shape index (κ2) is 7.41. The normalized spacial score (nSPS) is 28.9. The van der Waals surface area contributed by atoms with E-state index in [4.69, 9.17) is 5.73 Å². The highest BCUT2D eigenvalue weighted by molar-refractivity contribution is 5.76. The number of amides is 1. The molecule has 1 aliphatic heterocycles. The van der Waals surface area contributed by atoms with Crippen LogP contribution in [-0.4, -0.2) is 54.0 Å². The van der Waals surface area contributed by atoms with Gasteiger partial charge in [-0.1, -0.05) is 0 Å². The summed E-state index contributed by atoms with van der Waals surface area (Å²) < 4.78 is 0. The quantitative estimate of drug-likeness (QED) is 0.855. The molecule has 4 heteroatoms. The molecule has 2 rings (SSSR count). The fraction of sp³-hybridized carbons (Fsp3) is 0.938. The third-order valence-corrected chi connectivity index (χ3v) is 5.06. The molecule has 116 valence electrons. The standard InChI is InChI=1S/C16H31N3O/c1-13(2)18-9-11-19(12-10-18)16(20)8-5-14-3-6-15(17)7-4-14/h13-15H,3-12,17H2,1-2H3. The van der Waals surface area contributed by atoms with E-state index in [0.29, 0.717) is 18.0 Å². The molecule has 0 radical (unpaired) electrons. The number of carbonyl (C=O) groups excluding carboxylic acids is 1. The zero-order valence-electron chi connectivity index (χ0n) is 13.2. The molecule has 2 aliphatic rings. The summed E-state index contributed by atoms with van der Waals surface area (Å²) in [6.45, 7) is 8.33. The fourth-order valence-corrected chi connectivity index (χ4v) is 3.45. The Morgan fingerprint density at radius 2 is 1.70 bits per heavy atom. The Labute approximate surface area is 123 Å². The maximum atomic E-state index is 12.3. The molecule has 1 saturated carbocycles. The van der Waals surface area contributed by atoms with Gasteiger partial charge in [-0.05, 0) is 51.9 Å². The van der Waals surface area contributed by atoms with Gasteiger partial charge >= 0.3 is 0 Å². The van der Waals surface area contributed by atoms with Gasteiger partial charge in [-0.3, -0.25) is 9.69 Å². The highest BCUT2D eigenvalue weighted by Crippen LogP contribution is 2.27. The highest BCUT2D eigenvalue weighted by atomic mass is 16.2. The molecule has 0 aromatic rings. The van der Waals surface area contributed by atoms with Crippen LogP contribution in [0.2, 0.25) is 0 Å². The number of piperazine rings is 1. The molecule has 4 nitrogen and oxygen atoms in total. The van der Waals surface area contributed by atoms with Crippen molar-refractivity contribution in [3.63, 3.8) is 0 Å². The SMILES string of the molecule is CC(C)N1CCN(C(=O)CCC2CCC(N)CC2)CC1. The predicted octanol–water partition coefficient (Wildman–Crippen LogP) is 1.84. The first kappa shape index (κ1) is 15.8. The first-order valence-corrected chi connectivity index (χ1v) is 8.33. The van der Waals surface area contributed by atoms with Crippen molar-refractivity contribution in [2.45, 2.75) is 64.5 Å². The fourth-order valence-electron chi connectivity index (χ4n) is 3.45. The Bertz CT molecular complexity index is 303. The average molecular weight is 281 g/mol. The van der Waals surface area contributed by atoms with E-state index in [-0.39, 0.29) is 0 Å². The molecule has 0 aromatic carbocycles. The van der Waals surface area contributed by atoms with Crippen molar-refractivity contribution < 1.29 is 4.79 Å². The van der Waals surface area contributed by atoms with E-state index in [1.165, 1.54) is 12.8 Å². The second-order valence-corrected chi connectivity index (χ2v) is 6.83. The van der Waals surface area contributed by atoms with Crippen molar-refractivity contribution in [1.82, 2.24) is 9.80 Å². The lowest BCUT2D eigenvalue weighted by molar-refractivity contribution is -0.133. The first-order chi connectivity index (χ1) is 9.56. The van der Waals surface area contributed by atoms with Gasteiger partial charge in [0.2, 0.25) is 5.91 Å². The maximum Gasteiger partial charge on any atom is 0.222 e. The minimum Gasteiger partial charge on any atom is -0.340 e. The van der Waals surface area contributed by atoms with Crippen molar-refractivity contribution in [3.8, 4) is 0 Å². The molecule has 0 atom stereocenters. The monoisotopic (exact) mass is 281 g/mol. The van der Waals surface area contributed by atoms with Crippen molar-refractivity contribution in [2.75, 3.05) is 26.2 Å². The highest BCUT2D eigenvalue weighted by Gasteiger charge is 2.24. The Balaban J connectivity index is 1.65. The topological polar surface area (TPSA) is 49.6 Å². The summed E-state index contributed by atoms with van der Waals surface area (Å²) in [5, 5.41) is 0. The second-order valence-electron chi connectivity index (χ2n) is 6.83. The summed E-state index contributed by atoms with van der Waals surface area (Å²) in [6.07, 6.45) is 6.53. The summed E-state index contributed by atoms with van der Waals surface area (Å²) in [5.74, 6) is 1.10. The van der Waals surface area contributed by atoms with Gasteiger partial charge in [0.15, 0.2) is 0 Å². The zero-order chi connectivity index (χ0) is 14.5. The lowest BCUT2D eigenvalue weighted by atomic mass is 9.83. The van der Waals surface area contributed by atoms with Gasteiger partial charge in [0.25, 0.3) is 0 Å². The van der Waals surface area contributed by atoms with Gasteiger partial charge in [-0.2, -0.15) is 0 Å². The van der Waals surface area contributed by atoms with Gasteiger partial charge in [0.1, 0.15) is 0 Å². The minimum atomic E-state index is 0.364. The Kier molecular flexibility index (Phi) is 5.85. The molecular weight excluding hydrogens is 250 g/mol. The van der Waals surface area contributed by atoms with Crippen LogP contribution in [0.4, 0.5) is 0 Å². The molecule has 0 aromatic heterocycles. The van der Waals surface area contributed by atoms with Crippen LogP contribution in [0, 0.1) is 5.92 Å². The zero-order valence-corrected chi connectivity index (χ0v) is 13.2. The predicted molar refractivity (Wildman–Crippen MR) is 82.5 cm³/mol. The van der Waals surface area contributed by atoms with E-state index in [9.17, 15) is 4.79 Å². The van der Waals surface area contributed by atoms with Crippen LogP contribution in [-0.2, 0) is 4.79 Å². The Morgan fingerprint density at radius 1 is 1.10 bits per heavy atom. The van der Waals surface area contributed by atoms with Crippen LogP contribution < -0.4 is 5.73 Å². The van der Waals surface area contributed by atoms with Crippen LogP contribution in [0.5, 0.6) is 0 Å². The number of hydrogen-bond donors (Lipinski definition) is 1. The maximum absolute atomic E-state index is 12.3. The smallest absolute Gasteiger partial charge is 0.222 e. The van der Waals surface area contributed by atoms with Crippen LogP contribution in [0.3, 0.4) is 0 Å². The van der Waals surface area contributed by atoms with Crippen LogP contribution in [0.25, 0.3) is 0 Å². The summed E-state index contributed by atoms with van der Waals surface area (Å²) in [7, 11) is 0. The van der Waals surface area contributed by atoms with E-state index in [1.807, 2.05) is 0 Å². The molecule has 1 amide bonds. The Hall–Kier alpha value is -0.610. The average Bonchev–Trinajstić information content (AvgIpc) is 2.46. The van der Waals surface area contributed by atoms with Gasteiger partial charge in [-0.15, -0.1) is 0 Å². The molecule has 1 saturated heterocycles. The molecule has 0 spiro atoms. The molecule has 2 fully saturated rings. The largest absolute Gasteiger partial charge is 0.340 e. The number of carbonyl (C=O) groups is 1. The van der Waals surface area contributed by atoms with Gasteiger partial charge in [0.05, 0.1) is 0 Å². The lowest BCUT2D eigenvalue weighted by Gasteiger charge is -2.37.